The fourth-order valence-electron chi connectivity index (χ4n) is 1.85. The summed E-state index contributed by atoms with van der Waals surface area (Å²) < 4.78 is 4.88. The van der Waals surface area contributed by atoms with Gasteiger partial charge in [-0.3, -0.25) is 4.79 Å². The zero-order chi connectivity index (χ0) is 15.7. The van der Waals surface area contributed by atoms with E-state index in [1.54, 1.807) is 13.0 Å². The highest BCUT2D eigenvalue weighted by Crippen LogP contribution is 2.07. The van der Waals surface area contributed by atoms with Crippen molar-refractivity contribution in [2.75, 3.05) is 25.0 Å². The molecule has 0 atom stereocenters. The Morgan fingerprint density at radius 1 is 1.33 bits per heavy atom. The molecule has 0 saturated heterocycles. The third kappa shape index (κ3) is 6.29. The minimum absolute atomic E-state index is 0.00144. The molecule has 0 unspecified atom stereocenters. The molecule has 0 bridgehead atoms. The van der Waals surface area contributed by atoms with E-state index in [1.807, 2.05) is 6.92 Å². The minimum atomic E-state index is -0.286. The number of aromatic nitrogens is 1. The first-order chi connectivity index (χ1) is 10.1. The molecule has 7 heteroatoms. The van der Waals surface area contributed by atoms with Crippen LogP contribution in [0.3, 0.4) is 0 Å². The van der Waals surface area contributed by atoms with Crippen LogP contribution in [0.4, 0.5) is 10.6 Å². The molecule has 0 saturated carbocycles. The molecule has 0 aromatic carbocycles. The monoisotopic (exact) mass is 296 g/mol. The van der Waals surface area contributed by atoms with Crippen LogP contribution in [0.25, 0.3) is 0 Å². The van der Waals surface area contributed by atoms with E-state index in [2.05, 4.69) is 22.7 Å². The third-order valence-electron chi connectivity index (χ3n) is 2.88. The Bertz CT molecular complexity index is 459. The van der Waals surface area contributed by atoms with Gasteiger partial charge >= 0.3 is 6.03 Å². The van der Waals surface area contributed by atoms with Crippen molar-refractivity contribution in [2.24, 2.45) is 0 Å². The number of hydrogen-bond donors (Lipinski definition) is 2. The van der Waals surface area contributed by atoms with Gasteiger partial charge in [-0.25, -0.2) is 4.79 Å². The Hall–Kier alpha value is -2.05. The molecule has 0 radical (unpaired) electrons. The van der Waals surface area contributed by atoms with E-state index in [9.17, 15) is 9.59 Å². The van der Waals surface area contributed by atoms with Gasteiger partial charge in [0.1, 0.15) is 12.3 Å². The van der Waals surface area contributed by atoms with Crippen LogP contribution in [0, 0.1) is 6.92 Å². The van der Waals surface area contributed by atoms with E-state index in [1.165, 1.54) is 4.90 Å². The molecule has 0 spiro atoms. The van der Waals surface area contributed by atoms with Crippen molar-refractivity contribution in [1.82, 2.24) is 15.4 Å². The molecule has 3 amide bonds. The molecule has 0 fully saturated rings. The number of carbonyl (C=O) groups is 2. The number of rotatable bonds is 8. The van der Waals surface area contributed by atoms with Gasteiger partial charge < -0.3 is 20.1 Å². The average molecular weight is 296 g/mol. The van der Waals surface area contributed by atoms with Crippen LogP contribution in [0.15, 0.2) is 10.6 Å². The van der Waals surface area contributed by atoms with Crippen molar-refractivity contribution in [3.05, 3.63) is 11.8 Å². The Morgan fingerprint density at radius 2 is 2.10 bits per heavy atom. The molecule has 0 aliphatic carbocycles. The maximum Gasteiger partial charge on any atom is 0.317 e. The molecule has 21 heavy (non-hydrogen) atoms. The van der Waals surface area contributed by atoms with Gasteiger partial charge in [-0.2, -0.15) is 0 Å². The van der Waals surface area contributed by atoms with Crippen LogP contribution in [-0.4, -0.2) is 41.6 Å². The van der Waals surface area contributed by atoms with Gasteiger partial charge in [0.2, 0.25) is 5.91 Å². The average Bonchev–Trinajstić information content (AvgIpc) is 2.83. The second-order valence-corrected chi connectivity index (χ2v) is 4.84. The summed E-state index contributed by atoms with van der Waals surface area (Å²) in [6.45, 7) is 6.78. The number of amides is 3. The summed E-state index contributed by atoms with van der Waals surface area (Å²) in [6.07, 6.45) is 2.97. The van der Waals surface area contributed by atoms with E-state index in [0.717, 1.165) is 19.3 Å². The van der Waals surface area contributed by atoms with Gasteiger partial charge in [-0.05, 0) is 20.3 Å². The van der Waals surface area contributed by atoms with Crippen molar-refractivity contribution in [2.45, 2.75) is 40.0 Å². The van der Waals surface area contributed by atoms with Crippen molar-refractivity contribution in [1.29, 1.82) is 0 Å². The lowest BCUT2D eigenvalue weighted by atomic mass is 10.2. The summed E-state index contributed by atoms with van der Waals surface area (Å²) in [5.74, 6) is 0.696. The Kier molecular flexibility index (Phi) is 7.28. The molecule has 2 N–H and O–H groups in total. The predicted octanol–water partition coefficient (Wildman–Crippen LogP) is 2.14. The molecule has 0 aliphatic rings. The maximum absolute atomic E-state index is 12.0. The van der Waals surface area contributed by atoms with Crippen LogP contribution < -0.4 is 10.6 Å². The zero-order valence-corrected chi connectivity index (χ0v) is 12.9. The van der Waals surface area contributed by atoms with Gasteiger partial charge in [0.25, 0.3) is 0 Å². The lowest BCUT2D eigenvalue weighted by molar-refractivity contribution is -0.116. The first-order valence-corrected chi connectivity index (χ1v) is 7.32. The predicted molar refractivity (Wildman–Crippen MR) is 80.0 cm³/mol. The lowest BCUT2D eigenvalue weighted by Gasteiger charge is -2.22. The molecule has 1 aromatic heterocycles. The highest BCUT2D eigenvalue weighted by atomic mass is 16.5. The van der Waals surface area contributed by atoms with Crippen molar-refractivity contribution in [3.63, 3.8) is 0 Å². The first kappa shape index (κ1) is 17.0. The zero-order valence-electron chi connectivity index (χ0n) is 12.9. The number of nitrogens with one attached hydrogen (secondary N) is 2. The lowest BCUT2D eigenvalue weighted by Crippen LogP contribution is -2.44. The molecule has 1 aromatic rings. The smallest absolute Gasteiger partial charge is 0.317 e. The fourth-order valence-corrected chi connectivity index (χ4v) is 1.85. The molecule has 1 heterocycles. The van der Waals surface area contributed by atoms with Gasteiger partial charge in [0, 0.05) is 19.2 Å². The largest absolute Gasteiger partial charge is 0.360 e. The summed E-state index contributed by atoms with van der Waals surface area (Å²) in [5.41, 5.74) is 0. The van der Waals surface area contributed by atoms with Crippen molar-refractivity contribution < 1.29 is 14.1 Å². The van der Waals surface area contributed by atoms with Crippen LogP contribution in [0.1, 0.15) is 38.9 Å². The van der Waals surface area contributed by atoms with Crippen molar-refractivity contribution >= 4 is 17.8 Å². The number of aryl methyl sites for hydroxylation is 1. The number of carbonyl (C=O) groups excluding carboxylic acids is 2. The van der Waals surface area contributed by atoms with E-state index >= 15 is 0 Å². The second-order valence-electron chi connectivity index (χ2n) is 4.84. The van der Waals surface area contributed by atoms with Crippen LogP contribution in [-0.2, 0) is 4.79 Å². The van der Waals surface area contributed by atoms with E-state index in [0.29, 0.717) is 24.7 Å². The number of hydrogen-bond acceptors (Lipinski definition) is 4. The number of nitrogens with zero attached hydrogens (tertiary/aromatic N) is 2. The second kappa shape index (κ2) is 8.99. The summed E-state index contributed by atoms with van der Waals surface area (Å²) in [6, 6.07) is 1.41. The summed E-state index contributed by atoms with van der Waals surface area (Å²) >= 11 is 0. The van der Waals surface area contributed by atoms with E-state index in [-0.39, 0.29) is 18.5 Å². The summed E-state index contributed by atoms with van der Waals surface area (Å²) in [7, 11) is 0. The number of anilines is 1. The number of unbranched alkanes of at least 4 members (excludes halogenated alkanes) is 2. The highest BCUT2D eigenvalue weighted by Gasteiger charge is 2.17. The van der Waals surface area contributed by atoms with E-state index in [4.69, 9.17) is 4.52 Å². The first-order valence-electron chi connectivity index (χ1n) is 7.32. The van der Waals surface area contributed by atoms with Crippen molar-refractivity contribution in [3.8, 4) is 0 Å². The summed E-state index contributed by atoms with van der Waals surface area (Å²) in [4.78, 5) is 25.4. The summed E-state index contributed by atoms with van der Waals surface area (Å²) in [5, 5.41) is 9.03. The molecule has 7 nitrogen and oxygen atoms in total. The maximum atomic E-state index is 12.0. The Morgan fingerprint density at radius 3 is 2.67 bits per heavy atom. The molecular formula is C14H24N4O3. The SMILES string of the molecule is CCCCCN(CC(=O)Nc1cc(C)on1)C(=O)NCC. The molecule has 0 aliphatic heterocycles. The highest BCUT2D eigenvalue weighted by molar-refractivity contribution is 5.93. The molecule has 1 rings (SSSR count). The van der Waals surface area contributed by atoms with Crippen LogP contribution >= 0.6 is 0 Å². The third-order valence-corrected chi connectivity index (χ3v) is 2.88. The Labute approximate surface area is 125 Å². The van der Waals surface area contributed by atoms with Crippen LogP contribution in [0.2, 0.25) is 0 Å². The van der Waals surface area contributed by atoms with Gasteiger partial charge in [0.05, 0.1) is 0 Å². The molecule has 118 valence electrons. The number of urea groups is 1. The fraction of sp³-hybridized carbons (Fsp3) is 0.643. The van der Waals surface area contributed by atoms with Gasteiger partial charge in [-0.1, -0.05) is 24.9 Å². The van der Waals surface area contributed by atoms with Crippen LogP contribution in [0.5, 0.6) is 0 Å². The van der Waals surface area contributed by atoms with Gasteiger partial charge in [-0.15, -0.1) is 0 Å². The topological polar surface area (TPSA) is 87.5 Å². The quantitative estimate of drug-likeness (QED) is 0.719. The minimum Gasteiger partial charge on any atom is -0.360 e. The molecular weight excluding hydrogens is 272 g/mol. The Balaban J connectivity index is 2.53. The normalized spacial score (nSPS) is 10.2. The standard InChI is InChI=1S/C14H24N4O3/c1-4-6-7-8-18(14(20)15-5-2)10-13(19)16-12-9-11(3)21-17-12/h9H,4-8,10H2,1-3H3,(H,15,20)(H,16,17,19). The van der Waals surface area contributed by atoms with E-state index < -0.39 is 0 Å². The van der Waals surface area contributed by atoms with Gasteiger partial charge in [0.15, 0.2) is 5.82 Å².